The van der Waals surface area contributed by atoms with Crippen molar-refractivity contribution in [2.45, 2.75) is 13.0 Å². The molecule has 0 heterocycles. The number of nitrogens with two attached hydrogens (primary N) is 1. The van der Waals surface area contributed by atoms with Crippen LogP contribution in [-0.4, -0.2) is 13.7 Å². The van der Waals surface area contributed by atoms with Crippen LogP contribution < -0.4 is 15.8 Å². The Bertz CT molecular complexity index is 569. The summed E-state index contributed by atoms with van der Waals surface area (Å²) in [4.78, 5) is 0. The van der Waals surface area contributed by atoms with Crippen molar-refractivity contribution < 1.29 is 9.13 Å². The molecule has 1 atom stereocenters. The van der Waals surface area contributed by atoms with Gasteiger partial charge in [-0.15, -0.1) is 0 Å². The molecule has 3 nitrogen and oxygen atoms in total. The lowest BCUT2D eigenvalue weighted by molar-refractivity contribution is 0.415. The van der Waals surface area contributed by atoms with Gasteiger partial charge in [-0.1, -0.05) is 6.07 Å². The number of methoxy groups -OCH3 is 1. The van der Waals surface area contributed by atoms with Gasteiger partial charge in [0.15, 0.2) is 0 Å². The predicted molar refractivity (Wildman–Crippen MR) is 79.5 cm³/mol. The number of anilines is 1. The molecule has 0 aliphatic heterocycles. The topological polar surface area (TPSA) is 47.3 Å². The number of aryl methyl sites for hydroxylation is 1. The molecule has 20 heavy (non-hydrogen) atoms. The number of hydrogen-bond donors (Lipinski definition) is 2. The van der Waals surface area contributed by atoms with Crippen molar-refractivity contribution >= 4 is 5.69 Å². The molecule has 0 radical (unpaired) electrons. The van der Waals surface area contributed by atoms with E-state index in [9.17, 15) is 4.39 Å². The maximum absolute atomic E-state index is 13.4. The van der Waals surface area contributed by atoms with E-state index >= 15 is 0 Å². The fourth-order valence-electron chi connectivity index (χ4n) is 2.14. The van der Waals surface area contributed by atoms with Gasteiger partial charge in [0.05, 0.1) is 13.2 Å². The van der Waals surface area contributed by atoms with Crippen LogP contribution in [0.25, 0.3) is 0 Å². The molecule has 0 saturated heterocycles. The maximum atomic E-state index is 13.4. The van der Waals surface area contributed by atoms with Crippen LogP contribution >= 0.6 is 0 Å². The highest BCUT2D eigenvalue weighted by molar-refractivity contribution is 5.49. The minimum atomic E-state index is -0.249. The summed E-state index contributed by atoms with van der Waals surface area (Å²) in [7, 11) is 1.63. The number of hydrogen-bond acceptors (Lipinski definition) is 3. The van der Waals surface area contributed by atoms with Crippen LogP contribution in [0.4, 0.5) is 10.1 Å². The van der Waals surface area contributed by atoms with Crippen LogP contribution in [0.2, 0.25) is 0 Å². The summed E-state index contributed by atoms with van der Waals surface area (Å²) in [6.45, 7) is 2.34. The summed E-state index contributed by atoms with van der Waals surface area (Å²) in [5, 5.41) is 3.32. The predicted octanol–water partition coefficient (Wildman–Crippen LogP) is 3.25. The molecule has 0 bridgehead atoms. The molecular formula is C16H19FN2O. The zero-order chi connectivity index (χ0) is 14.5. The molecule has 0 spiro atoms. The van der Waals surface area contributed by atoms with Crippen LogP contribution in [0.5, 0.6) is 5.75 Å². The quantitative estimate of drug-likeness (QED) is 0.879. The van der Waals surface area contributed by atoms with Crippen LogP contribution in [0.3, 0.4) is 0 Å². The molecule has 4 heteroatoms. The third-order valence-electron chi connectivity index (χ3n) is 3.28. The first-order chi connectivity index (χ1) is 9.63. The van der Waals surface area contributed by atoms with E-state index in [1.54, 1.807) is 13.2 Å². The number of halogens is 1. The Morgan fingerprint density at radius 2 is 1.90 bits per heavy atom. The van der Waals surface area contributed by atoms with Crippen LogP contribution in [0.1, 0.15) is 17.2 Å². The normalized spacial score (nSPS) is 12.0. The van der Waals surface area contributed by atoms with Gasteiger partial charge in [-0.2, -0.15) is 0 Å². The minimum absolute atomic E-state index is 0.126. The average molecular weight is 274 g/mol. The van der Waals surface area contributed by atoms with Gasteiger partial charge in [0.1, 0.15) is 11.6 Å². The number of nitrogens with one attached hydrogen (secondary N) is 1. The summed E-state index contributed by atoms with van der Waals surface area (Å²) in [6.07, 6.45) is 0. The van der Waals surface area contributed by atoms with Crippen molar-refractivity contribution in [3.05, 3.63) is 59.4 Å². The summed E-state index contributed by atoms with van der Waals surface area (Å²) >= 11 is 0. The van der Waals surface area contributed by atoms with Gasteiger partial charge < -0.3 is 15.8 Å². The molecule has 0 amide bonds. The van der Waals surface area contributed by atoms with Crippen molar-refractivity contribution in [3.63, 3.8) is 0 Å². The highest BCUT2D eigenvalue weighted by atomic mass is 19.1. The average Bonchev–Trinajstić information content (AvgIpc) is 2.48. The second kappa shape index (κ2) is 6.39. The van der Waals surface area contributed by atoms with Crippen LogP contribution in [0.15, 0.2) is 42.5 Å². The first kappa shape index (κ1) is 14.3. The third kappa shape index (κ3) is 3.27. The SMILES string of the molecule is COc1ccc(NC(CN)c2cc(F)ccc2C)cc1. The minimum Gasteiger partial charge on any atom is -0.497 e. The molecule has 106 valence electrons. The third-order valence-corrected chi connectivity index (χ3v) is 3.28. The Labute approximate surface area is 118 Å². The van der Waals surface area contributed by atoms with Crippen molar-refractivity contribution in [2.24, 2.45) is 5.73 Å². The molecule has 0 aromatic heterocycles. The lowest BCUT2D eigenvalue weighted by atomic mass is 10.0. The second-order valence-electron chi connectivity index (χ2n) is 4.66. The monoisotopic (exact) mass is 274 g/mol. The first-order valence-electron chi connectivity index (χ1n) is 6.50. The van der Waals surface area contributed by atoms with Gasteiger partial charge in [-0.25, -0.2) is 4.39 Å². The Balaban J connectivity index is 2.21. The number of rotatable bonds is 5. The van der Waals surface area contributed by atoms with E-state index in [4.69, 9.17) is 10.5 Å². The highest BCUT2D eigenvalue weighted by Gasteiger charge is 2.13. The van der Waals surface area contributed by atoms with E-state index in [1.807, 2.05) is 31.2 Å². The Morgan fingerprint density at radius 3 is 2.50 bits per heavy atom. The maximum Gasteiger partial charge on any atom is 0.123 e. The molecule has 0 fully saturated rings. The van der Waals surface area contributed by atoms with Crippen LogP contribution in [-0.2, 0) is 0 Å². The molecule has 2 rings (SSSR count). The van der Waals surface area contributed by atoms with E-state index in [0.29, 0.717) is 6.54 Å². The molecule has 2 aromatic rings. The van der Waals surface area contributed by atoms with Gasteiger partial charge in [-0.05, 0) is 54.4 Å². The van der Waals surface area contributed by atoms with E-state index in [2.05, 4.69) is 5.32 Å². The van der Waals surface area contributed by atoms with E-state index in [1.165, 1.54) is 12.1 Å². The van der Waals surface area contributed by atoms with Crippen LogP contribution in [0, 0.1) is 12.7 Å². The van der Waals surface area contributed by atoms with Crippen molar-refractivity contribution in [3.8, 4) is 5.75 Å². The lowest BCUT2D eigenvalue weighted by Crippen LogP contribution is -2.21. The molecule has 3 N–H and O–H groups in total. The fourth-order valence-corrected chi connectivity index (χ4v) is 2.14. The summed E-state index contributed by atoms with van der Waals surface area (Å²) in [6, 6.07) is 12.2. The number of ether oxygens (including phenoxy) is 1. The number of benzene rings is 2. The van der Waals surface area contributed by atoms with E-state index < -0.39 is 0 Å². The van der Waals surface area contributed by atoms with Gasteiger partial charge in [0.2, 0.25) is 0 Å². The van der Waals surface area contributed by atoms with Crippen molar-refractivity contribution in [1.29, 1.82) is 0 Å². The lowest BCUT2D eigenvalue weighted by Gasteiger charge is -2.20. The Morgan fingerprint density at radius 1 is 1.20 bits per heavy atom. The Hall–Kier alpha value is -2.07. The van der Waals surface area contributed by atoms with Gasteiger partial charge in [0, 0.05) is 12.2 Å². The molecule has 0 aliphatic rings. The molecule has 0 aliphatic carbocycles. The second-order valence-corrected chi connectivity index (χ2v) is 4.66. The van der Waals surface area contributed by atoms with Gasteiger partial charge in [0.25, 0.3) is 0 Å². The zero-order valence-electron chi connectivity index (χ0n) is 11.7. The molecule has 2 aromatic carbocycles. The zero-order valence-corrected chi connectivity index (χ0v) is 11.7. The van der Waals surface area contributed by atoms with Crippen molar-refractivity contribution in [2.75, 3.05) is 19.0 Å². The van der Waals surface area contributed by atoms with Gasteiger partial charge in [-0.3, -0.25) is 0 Å². The fraction of sp³-hybridized carbons (Fsp3) is 0.250. The molecule has 1 unspecified atom stereocenters. The standard InChI is InChI=1S/C16H19FN2O/c1-11-3-4-12(17)9-15(11)16(10-18)19-13-5-7-14(20-2)8-6-13/h3-9,16,19H,10,18H2,1-2H3. The van der Waals surface area contributed by atoms with E-state index in [0.717, 1.165) is 22.6 Å². The smallest absolute Gasteiger partial charge is 0.123 e. The summed E-state index contributed by atoms with van der Waals surface area (Å²) in [5.41, 5.74) is 8.63. The Kier molecular flexibility index (Phi) is 4.58. The largest absolute Gasteiger partial charge is 0.497 e. The van der Waals surface area contributed by atoms with Crippen molar-refractivity contribution in [1.82, 2.24) is 0 Å². The highest BCUT2D eigenvalue weighted by Crippen LogP contribution is 2.24. The van der Waals surface area contributed by atoms with E-state index in [-0.39, 0.29) is 11.9 Å². The molecular weight excluding hydrogens is 255 g/mol. The first-order valence-corrected chi connectivity index (χ1v) is 6.50. The summed E-state index contributed by atoms with van der Waals surface area (Å²) < 4.78 is 18.5. The molecule has 0 saturated carbocycles. The summed E-state index contributed by atoms with van der Waals surface area (Å²) in [5.74, 6) is 0.544. The van der Waals surface area contributed by atoms with Gasteiger partial charge >= 0.3 is 0 Å².